The summed E-state index contributed by atoms with van der Waals surface area (Å²) in [7, 11) is 1.51. The van der Waals surface area contributed by atoms with E-state index >= 15 is 0 Å². The van der Waals surface area contributed by atoms with Crippen molar-refractivity contribution < 1.29 is 9.47 Å². The summed E-state index contributed by atoms with van der Waals surface area (Å²) in [6, 6.07) is 9.32. The molecule has 0 fully saturated rings. The molecule has 0 bridgehead atoms. The Morgan fingerprint density at radius 2 is 2.22 bits per heavy atom. The van der Waals surface area contributed by atoms with Crippen molar-refractivity contribution in [2.75, 3.05) is 7.11 Å². The normalized spacial score (nSPS) is 15.9. The number of nitrogens with two attached hydrogens (primary N) is 1. The molecular formula is C18H12Cl2N4O2S. The van der Waals surface area contributed by atoms with Gasteiger partial charge >= 0.3 is 0 Å². The Labute approximate surface area is 168 Å². The number of nitrogens with zero attached hydrogens (tertiary/aromatic N) is 2. The number of H-pyrrole nitrogens is 1. The number of nitrogens with one attached hydrogen (secondary N) is 1. The number of aromatic nitrogens is 2. The van der Waals surface area contributed by atoms with Crippen LogP contribution in [-0.4, -0.2) is 17.3 Å². The zero-order valence-corrected chi connectivity index (χ0v) is 16.2. The van der Waals surface area contributed by atoms with E-state index < -0.39 is 5.92 Å². The highest BCUT2D eigenvalue weighted by atomic mass is 35.5. The van der Waals surface area contributed by atoms with E-state index in [0.717, 1.165) is 10.6 Å². The van der Waals surface area contributed by atoms with Gasteiger partial charge in [-0.1, -0.05) is 29.3 Å². The lowest BCUT2D eigenvalue weighted by Crippen LogP contribution is -2.21. The zero-order valence-electron chi connectivity index (χ0n) is 13.9. The number of thiophene rings is 1. The third kappa shape index (κ3) is 2.82. The fourth-order valence-electron chi connectivity index (χ4n) is 3.17. The van der Waals surface area contributed by atoms with Gasteiger partial charge in [-0.2, -0.15) is 5.26 Å². The molecule has 9 heteroatoms. The monoisotopic (exact) mass is 418 g/mol. The first-order valence-electron chi connectivity index (χ1n) is 7.77. The highest BCUT2D eigenvalue weighted by Crippen LogP contribution is 2.50. The number of benzene rings is 1. The zero-order chi connectivity index (χ0) is 19.1. The van der Waals surface area contributed by atoms with Crippen molar-refractivity contribution in [1.82, 2.24) is 10.2 Å². The van der Waals surface area contributed by atoms with E-state index in [9.17, 15) is 5.26 Å². The fraction of sp³-hybridized carbons (Fsp3) is 0.111. The van der Waals surface area contributed by atoms with Crippen molar-refractivity contribution in [2.45, 2.75) is 5.92 Å². The van der Waals surface area contributed by atoms with Crippen LogP contribution in [0.2, 0.25) is 10.0 Å². The second-order valence-corrected chi connectivity index (χ2v) is 7.52. The van der Waals surface area contributed by atoms with E-state index in [1.165, 1.54) is 18.4 Å². The molecule has 3 N–H and O–H groups in total. The molecule has 0 saturated carbocycles. The van der Waals surface area contributed by atoms with Crippen LogP contribution in [0.3, 0.4) is 0 Å². The predicted octanol–water partition coefficient (Wildman–Crippen LogP) is 4.67. The summed E-state index contributed by atoms with van der Waals surface area (Å²) >= 11 is 14.1. The van der Waals surface area contributed by atoms with Gasteiger partial charge in [0.25, 0.3) is 0 Å². The van der Waals surface area contributed by atoms with Gasteiger partial charge in [-0.3, -0.25) is 5.10 Å². The molecule has 3 heterocycles. The van der Waals surface area contributed by atoms with Crippen molar-refractivity contribution in [3.63, 3.8) is 0 Å². The van der Waals surface area contributed by atoms with Crippen molar-refractivity contribution in [3.05, 3.63) is 62.3 Å². The maximum absolute atomic E-state index is 9.78. The maximum Gasteiger partial charge on any atom is 0.244 e. The number of hydrogen-bond donors (Lipinski definition) is 2. The molecule has 0 unspecified atom stereocenters. The van der Waals surface area contributed by atoms with Crippen LogP contribution in [0.15, 0.2) is 41.1 Å². The minimum atomic E-state index is -0.597. The second-order valence-electron chi connectivity index (χ2n) is 5.73. The molecule has 0 aliphatic carbocycles. The average molecular weight is 419 g/mol. The Hall–Kier alpha value is -2.66. The first kappa shape index (κ1) is 17.7. The van der Waals surface area contributed by atoms with Crippen LogP contribution in [0, 0.1) is 11.3 Å². The van der Waals surface area contributed by atoms with Crippen LogP contribution in [-0.2, 0) is 0 Å². The average Bonchev–Trinajstić information content (AvgIpc) is 3.29. The highest BCUT2D eigenvalue weighted by molar-refractivity contribution is 7.13. The Morgan fingerprint density at radius 3 is 2.89 bits per heavy atom. The van der Waals surface area contributed by atoms with E-state index in [2.05, 4.69) is 16.3 Å². The fourth-order valence-corrected chi connectivity index (χ4v) is 4.50. The van der Waals surface area contributed by atoms with Crippen LogP contribution in [0.5, 0.6) is 11.6 Å². The number of allylic oxidation sites excluding steroid dienone is 1. The van der Waals surface area contributed by atoms with Gasteiger partial charge in [-0.05, 0) is 23.6 Å². The van der Waals surface area contributed by atoms with E-state index in [0.29, 0.717) is 32.8 Å². The van der Waals surface area contributed by atoms with Gasteiger partial charge in [0.15, 0.2) is 0 Å². The van der Waals surface area contributed by atoms with E-state index in [1.54, 1.807) is 12.1 Å². The third-order valence-electron chi connectivity index (χ3n) is 4.26. The van der Waals surface area contributed by atoms with Gasteiger partial charge in [-0.15, -0.1) is 16.4 Å². The number of rotatable bonds is 3. The maximum atomic E-state index is 9.78. The molecule has 3 aromatic rings. The molecule has 0 spiro atoms. The predicted molar refractivity (Wildman–Crippen MR) is 104 cm³/mol. The van der Waals surface area contributed by atoms with Gasteiger partial charge < -0.3 is 15.2 Å². The summed E-state index contributed by atoms with van der Waals surface area (Å²) in [5.74, 6) is 0.106. The summed E-state index contributed by atoms with van der Waals surface area (Å²) in [6.45, 7) is 0. The highest BCUT2D eigenvalue weighted by Gasteiger charge is 2.38. The minimum absolute atomic E-state index is 0.0163. The lowest BCUT2D eigenvalue weighted by atomic mass is 9.83. The SMILES string of the molecule is COc1c(Cl)cc(Cl)cc1[C@H]1C(C#N)=C(N)Oc2n[nH]c(-c3cccs3)c21. The van der Waals surface area contributed by atoms with Crippen LogP contribution >= 0.6 is 34.5 Å². The lowest BCUT2D eigenvalue weighted by molar-refractivity contribution is 0.375. The van der Waals surface area contributed by atoms with Gasteiger partial charge in [0.1, 0.15) is 17.4 Å². The molecule has 1 aliphatic heterocycles. The largest absolute Gasteiger partial charge is 0.495 e. The van der Waals surface area contributed by atoms with E-state index in [4.69, 9.17) is 38.4 Å². The Balaban J connectivity index is 2.04. The van der Waals surface area contributed by atoms with Crippen molar-refractivity contribution >= 4 is 34.5 Å². The van der Waals surface area contributed by atoms with Gasteiger partial charge in [0.2, 0.25) is 11.8 Å². The first-order valence-corrected chi connectivity index (χ1v) is 9.41. The number of methoxy groups -OCH3 is 1. The summed E-state index contributed by atoms with van der Waals surface area (Å²) in [6.07, 6.45) is 0. The topological polar surface area (TPSA) is 96.9 Å². The molecule has 4 rings (SSSR count). The lowest BCUT2D eigenvalue weighted by Gasteiger charge is -2.25. The first-order chi connectivity index (χ1) is 13.0. The van der Waals surface area contributed by atoms with Crippen LogP contribution in [0.1, 0.15) is 17.0 Å². The molecule has 2 aromatic heterocycles. The number of fused-ring (bicyclic) bond motifs is 1. The third-order valence-corrected chi connectivity index (χ3v) is 5.65. The van der Waals surface area contributed by atoms with E-state index in [-0.39, 0.29) is 11.5 Å². The number of nitriles is 1. The number of aromatic amines is 1. The molecule has 1 aliphatic rings. The number of hydrogen-bond acceptors (Lipinski definition) is 6. The number of ether oxygens (including phenoxy) is 2. The Kier molecular flexibility index (Phi) is 4.48. The van der Waals surface area contributed by atoms with Crippen LogP contribution in [0.25, 0.3) is 10.6 Å². The molecule has 0 amide bonds. The second kappa shape index (κ2) is 6.82. The molecular weight excluding hydrogens is 407 g/mol. The summed E-state index contributed by atoms with van der Waals surface area (Å²) in [4.78, 5) is 0.946. The number of halogens is 2. The summed E-state index contributed by atoms with van der Waals surface area (Å²) in [5.41, 5.74) is 8.27. The van der Waals surface area contributed by atoms with Crippen molar-refractivity contribution in [2.24, 2.45) is 5.73 Å². The Morgan fingerprint density at radius 1 is 1.41 bits per heavy atom. The standard InChI is InChI=1S/C18H12Cl2N4O2S/c1-25-16-9(5-8(19)6-11(16)20)13-10(7-21)17(22)26-18-14(13)15(23-24-18)12-3-2-4-27-12/h2-6,13H,22H2,1H3,(H,23,24)/t13-/m0/s1. The minimum Gasteiger partial charge on any atom is -0.495 e. The molecule has 0 radical (unpaired) electrons. The summed E-state index contributed by atoms with van der Waals surface area (Å²) < 4.78 is 11.1. The molecule has 136 valence electrons. The molecule has 1 atom stereocenters. The van der Waals surface area contributed by atoms with Gasteiger partial charge in [0, 0.05) is 10.6 Å². The van der Waals surface area contributed by atoms with Crippen molar-refractivity contribution in [1.29, 1.82) is 5.26 Å². The molecule has 0 saturated heterocycles. The molecule has 27 heavy (non-hydrogen) atoms. The van der Waals surface area contributed by atoms with Crippen LogP contribution in [0.4, 0.5) is 0 Å². The van der Waals surface area contributed by atoms with Gasteiger partial charge in [0.05, 0.1) is 34.2 Å². The summed E-state index contributed by atoms with van der Waals surface area (Å²) in [5, 5.41) is 19.7. The Bertz CT molecular complexity index is 1100. The van der Waals surface area contributed by atoms with Crippen LogP contribution < -0.4 is 15.2 Å². The van der Waals surface area contributed by atoms with Crippen molar-refractivity contribution in [3.8, 4) is 28.3 Å². The van der Waals surface area contributed by atoms with Gasteiger partial charge in [-0.25, -0.2) is 0 Å². The quantitative estimate of drug-likeness (QED) is 0.643. The molecule has 1 aromatic carbocycles. The smallest absolute Gasteiger partial charge is 0.244 e. The van der Waals surface area contributed by atoms with E-state index in [1.807, 2.05) is 17.5 Å². The molecule has 6 nitrogen and oxygen atoms in total.